The van der Waals surface area contributed by atoms with E-state index in [1.807, 2.05) is 6.07 Å². The number of nitriles is 1. The van der Waals surface area contributed by atoms with Crippen LogP contribution in [0.25, 0.3) is 0 Å². The van der Waals surface area contributed by atoms with Crippen LogP contribution in [-0.4, -0.2) is 11.1 Å². The van der Waals surface area contributed by atoms with Crippen molar-refractivity contribution in [1.29, 1.82) is 5.26 Å². The van der Waals surface area contributed by atoms with E-state index in [1.165, 1.54) is 6.07 Å². The van der Waals surface area contributed by atoms with Crippen molar-refractivity contribution < 1.29 is 14.6 Å². The van der Waals surface area contributed by atoms with Gasteiger partial charge in [0.05, 0.1) is 16.1 Å². The van der Waals surface area contributed by atoms with E-state index < -0.39 is 5.97 Å². The number of carbonyl (C=O) groups is 1. The first kappa shape index (κ1) is 14.1. The fraction of sp³-hybridized carbons (Fsp3) is 0.0667. The molecule has 0 radical (unpaired) electrons. The smallest absolute Gasteiger partial charge is 0.339 e. The molecule has 4 nitrogen and oxygen atoms in total. The average Bonchev–Trinajstić information content (AvgIpc) is 2.46. The molecule has 2 aromatic rings. The topological polar surface area (TPSA) is 70.3 Å². The lowest BCUT2D eigenvalue weighted by Gasteiger charge is -2.11. The Morgan fingerprint density at radius 1 is 1.25 bits per heavy atom. The van der Waals surface area contributed by atoms with Crippen molar-refractivity contribution in [2.45, 2.75) is 6.61 Å². The Morgan fingerprint density at radius 2 is 1.95 bits per heavy atom. The molecule has 0 bridgehead atoms. The Hall–Kier alpha value is -2.32. The van der Waals surface area contributed by atoms with Crippen LogP contribution in [0.2, 0.25) is 0 Å². The summed E-state index contributed by atoms with van der Waals surface area (Å²) in [6, 6.07) is 13.8. The number of hydrogen-bond donors (Lipinski definition) is 1. The molecule has 0 aromatic heterocycles. The van der Waals surface area contributed by atoms with Crippen LogP contribution in [0.15, 0.2) is 46.9 Å². The number of para-hydroxylation sites is 1. The third-order valence-electron chi connectivity index (χ3n) is 2.66. The molecule has 0 amide bonds. The summed E-state index contributed by atoms with van der Waals surface area (Å²) in [7, 11) is 0. The number of halogens is 1. The minimum atomic E-state index is -1.04. The molecule has 0 unspecified atom stereocenters. The van der Waals surface area contributed by atoms with E-state index in [1.54, 1.807) is 36.4 Å². The lowest BCUT2D eigenvalue weighted by Crippen LogP contribution is -2.04. The molecule has 0 saturated heterocycles. The van der Waals surface area contributed by atoms with Crippen molar-refractivity contribution in [1.82, 2.24) is 0 Å². The van der Waals surface area contributed by atoms with Crippen molar-refractivity contribution in [3.63, 3.8) is 0 Å². The molecule has 0 spiro atoms. The van der Waals surface area contributed by atoms with Gasteiger partial charge in [0.25, 0.3) is 0 Å². The molecule has 0 aliphatic heterocycles. The molecule has 2 rings (SSSR count). The van der Waals surface area contributed by atoms with Gasteiger partial charge in [0.15, 0.2) is 0 Å². The van der Waals surface area contributed by atoms with Crippen LogP contribution in [0.3, 0.4) is 0 Å². The van der Waals surface area contributed by atoms with Crippen molar-refractivity contribution in [3.05, 3.63) is 63.6 Å². The maximum Gasteiger partial charge on any atom is 0.339 e. The van der Waals surface area contributed by atoms with E-state index >= 15 is 0 Å². The Kier molecular flexibility index (Phi) is 4.38. The van der Waals surface area contributed by atoms with Gasteiger partial charge in [0, 0.05) is 0 Å². The number of carboxylic acid groups (broad SMARTS) is 1. The monoisotopic (exact) mass is 331 g/mol. The maximum absolute atomic E-state index is 11.1. The standard InChI is InChI=1S/C15H10BrNO3/c16-13-3-1-2-12(15(18)19)14(13)20-9-11-6-4-10(8-17)5-7-11/h1-7H,9H2,(H,18,19). The molecule has 0 fully saturated rings. The second kappa shape index (κ2) is 6.22. The summed E-state index contributed by atoms with van der Waals surface area (Å²) in [5.41, 5.74) is 1.53. The summed E-state index contributed by atoms with van der Waals surface area (Å²) >= 11 is 3.28. The molecule has 1 N–H and O–H groups in total. The number of ether oxygens (including phenoxy) is 1. The van der Waals surface area contributed by atoms with Crippen LogP contribution in [0.1, 0.15) is 21.5 Å². The number of benzene rings is 2. The summed E-state index contributed by atoms with van der Waals surface area (Å²) in [5.74, 6) is -0.745. The van der Waals surface area contributed by atoms with Crippen LogP contribution < -0.4 is 4.74 Å². The first-order chi connectivity index (χ1) is 9.61. The number of rotatable bonds is 4. The number of carboxylic acids is 1. The van der Waals surface area contributed by atoms with Crippen LogP contribution in [0, 0.1) is 11.3 Å². The van der Waals surface area contributed by atoms with Crippen molar-refractivity contribution in [2.24, 2.45) is 0 Å². The van der Waals surface area contributed by atoms with Crippen LogP contribution in [0.4, 0.5) is 0 Å². The van der Waals surface area contributed by atoms with E-state index in [-0.39, 0.29) is 12.2 Å². The molecular weight excluding hydrogens is 322 g/mol. The van der Waals surface area contributed by atoms with Gasteiger partial charge in [-0.2, -0.15) is 5.26 Å². The highest BCUT2D eigenvalue weighted by atomic mass is 79.9. The molecule has 5 heteroatoms. The number of nitrogens with zero attached hydrogens (tertiary/aromatic N) is 1. The first-order valence-corrected chi connectivity index (χ1v) is 6.55. The minimum absolute atomic E-state index is 0.105. The van der Waals surface area contributed by atoms with Crippen molar-refractivity contribution in [2.75, 3.05) is 0 Å². The van der Waals surface area contributed by atoms with Gasteiger partial charge in [-0.1, -0.05) is 18.2 Å². The molecule has 0 heterocycles. The summed E-state index contributed by atoms with van der Waals surface area (Å²) in [4.78, 5) is 11.1. The Balaban J connectivity index is 2.18. The van der Waals surface area contributed by atoms with Gasteiger partial charge < -0.3 is 9.84 Å². The first-order valence-electron chi connectivity index (χ1n) is 5.75. The molecule has 0 saturated carbocycles. The van der Waals surface area contributed by atoms with Crippen LogP contribution >= 0.6 is 15.9 Å². The molecule has 0 atom stereocenters. The second-order valence-corrected chi connectivity index (χ2v) is 4.87. The van der Waals surface area contributed by atoms with Gasteiger partial charge in [-0.25, -0.2) is 4.79 Å². The van der Waals surface area contributed by atoms with Gasteiger partial charge in [0.1, 0.15) is 17.9 Å². The summed E-state index contributed by atoms with van der Waals surface area (Å²) in [6.07, 6.45) is 0. The van der Waals surface area contributed by atoms with Gasteiger partial charge >= 0.3 is 5.97 Å². The highest BCUT2D eigenvalue weighted by Gasteiger charge is 2.14. The van der Waals surface area contributed by atoms with Crippen LogP contribution in [-0.2, 0) is 6.61 Å². The number of hydrogen-bond acceptors (Lipinski definition) is 3. The normalized spacial score (nSPS) is 9.80. The second-order valence-electron chi connectivity index (χ2n) is 4.02. The van der Waals surface area contributed by atoms with Gasteiger partial charge in [-0.15, -0.1) is 0 Å². The van der Waals surface area contributed by atoms with Gasteiger partial charge in [0.2, 0.25) is 0 Å². The number of aromatic carboxylic acids is 1. The van der Waals surface area contributed by atoms with E-state index in [0.717, 1.165) is 5.56 Å². The van der Waals surface area contributed by atoms with Crippen molar-refractivity contribution in [3.8, 4) is 11.8 Å². The highest BCUT2D eigenvalue weighted by molar-refractivity contribution is 9.10. The third-order valence-corrected chi connectivity index (χ3v) is 3.29. The fourth-order valence-electron chi connectivity index (χ4n) is 1.65. The van der Waals surface area contributed by atoms with E-state index in [9.17, 15) is 4.79 Å². The average molecular weight is 332 g/mol. The molecular formula is C15H10BrNO3. The van der Waals surface area contributed by atoms with E-state index in [0.29, 0.717) is 15.8 Å². The lowest BCUT2D eigenvalue weighted by atomic mass is 10.1. The fourth-order valence-corrected chi connectivity index (χ4v) is 2.14. The predicted octanol–water partition coefficient (Wildman–Crippen LogP) is 3.60. The molecule has 100 valence electrons. The highest BCUT2D eigenvalue weighted by Crippen LogP contribution is 2.29. The van der Waals surface area contributed by atoms with Crippen LogP contribution in [0.5, 0.6) is 5.75 Å². The van der Waals surface area contributed by atoms with E-state index in [4.69, 9.17) is 15.1 Å². The zero-order chi connectivity index (χ0) is 14.5. The SMILES string of the molecule is N#Cc1ccc(COc2c(Br)cccc2C(=O)O)cc1. The van der Waals surface area contributed by atoms with Gasteiger partial charge in [-0.3, -0.25) is 0 Å². The minimum Gasteiger partial charge on any atom is -0.487 e. The third kappa shape index (κ3) is 3.16. The van der Waals surface area contributed by atoms with Gasteiger partial charge in [-0.05, 0) is 45.8 Å². The zero-order valence-corrected chi connectivity index (χ0v) is 11.9. The quantitative estimate of drug-likeness (QED) is 0.929. The predicted molar refractivity (Wildman–Crippen MR) is 76.6 cm³/mol. The Bertz CT molecular complexity index is 675. The van der Waals surface area contributed by atoms with Crippen molar-refractivity contribution >= 4 is 21.9 Å². The summed E-state index contributed by atoms with van der Waals surface area (Å²) in [6.45, 7) is 0.231. The Morgan fingerprint density at radius 3 is 2.55 bits per heavy atom. The van der Waals surface area contributed by atoms with E-state index in [2.05, 4.69) is 15.9 Å². The summed E-state index contributed by atoms with van der Waals surface area (Å²) in [5, 5.41) is 17.8. The maximum atomic E-state index is 11.1. The molecule has 0 aliphatic rings. The molecule has 20 heavy (non-hydrogen) atoms. The lowest BCUT2D eigenvalue weighted by molar-refractivity contribution is 0.0691. The largest absolute Gasteiger partial charge is 0.487 e. The molecule has 0 aliphatic carbocycles. The zero-order valence-electron chi connectivity index (χ0n) is 10.3. The summed E-state index contributed by atoms with van der Waals surface area (Å²) < 4.78 is 6.17. The Labute approximate surface area is 124 Å². The molecule has 2 aromatic carbocycles.